The number of urea groups is 1. The summed E-state index contributed by atoms with van der Waals surface area (Å²) < 4.78 is 24.5. The van der Waals surface area contributed by atoms with Gasteiger partial charge in [0.1, 0.15) is 5.82 Å². The zero-order valence-electron chi connectivity index (χ0n) is 17.3. The summed E-state index contributed by atoms with van der Waals surface area (Å²) in [5, 5.41) is 6.26. The van der Waals surface area contributed by atoms with Gasteiger partial charge in [-0.3, -0.25) is 9.69 Å². The Balaban J connectivity index is 1.49. The molecule has 0 aliphatic carbocycles. The Bertz CT molecular complexity index is 1190. The fourth-order valence-electron chi connectivity index (χ4n) is 3.17. The van der Waals surface area contributed by atoms with Gasteiger partial charge in [-0.25, -0.2) is 14.0 Å². The Morgan fingerprint density at radius 1 is 1.28 bits per heavy atom. The average molecular weight is 438 g/mol. The van der Waals surface area contributed by atoms with Crippen LogP contribution in [0.2, 0.25) is 0 Å². The van der Waals surface area contributed by atoms with Gasteiger partial charge in [-0.15, -0.1) is 0 Å². The van der Waals surface area contributed by atoms with Crippen LogP contribution in [0.1, 0.15) is 40.4 Å². The van der Waals surface area contributed by atoms with Crippen LogP contribution in [0.5, 0.6) is 0 Å². The lowest BCUT2D eigenvalue weighted by molar-refractivity contribution is -0.125. The van der Waals surface area contributed by atoms with Crippen LogP contribution in [0, 0.1) is 12.7 Å². The molecule has 1 fully saturated rings. The van der Waals surface area contributed by atoms with E-state index in [1.807, 2.05) is 0 Å². The number of halogens is 1. The number of ether oxygens (including phenoxy) is 1. The van der Waals surface area contributed by atoms with Crippen molar-refractivity contribution in [1.82, 2.24) is 20.4 Å². The van der Waals surface area contributed by atoms with Crippen molar-refractivity contribution in [2.45, 2.75) is 26.5 Å². The summed E-state index contributed by atoms with van der Waals surface area (Å²) in [6, 6.07) is 10.6. The predicted molar refractivity (Wildman–Crippen MR) is 109 cm³/mol. The number of hydrogen-bond donors (Lipinski definition) is 1. The monoisotopic (exact) mass is 438 g/mol. The fourth-order valence-corrected chi connectivity index (χ4v) is 3.17. The predicted octanol–water partition coefficient (Wildman–Crippen LogP) is 3.15. The lowest BCUT2D eigenvalue weighted by Gasteiger charge is -2.16. The van der Waals surface area contributed by atoms with E-state index in [9.17, 15) is 18.8 Å². The third-order valence-electron chi connectivity index (χ3n) is 5.01. The molecule has 0 bridgehead atoms. The van der Waals surface area contributed by atoms with E-state index in [1.54, 1.807) is 44.2 Å². The van der Waals surface area contributed by atoms with E-state index in [2.05, 4.69) is 15.5 Å². The number of carbonyl (C=O) groups is 3. The molecule has 1 atom stereocenters. The number of nitrogens with zero attached hydrogens (tertiary/aromatic N) is 3. The molecule has 1 unspecified atom stereocenters. The van der Waals surface area contributed by atoms with Crippen LogP contribution < -0.4 is 5.32 Å². The number of carbonyl (C=O) groups excluding carboxylic acids is 3. The summed E-state index contributed by atoms with van der Waals surface area (Å²) in [5.41, 5.74) is 1.58. The molecule has 1 saturated heterocycles. The minimum Gasteiger partial charge on any atom is -0.449 e. The topological polar surface area (TPSA) is 115 Å². The van der Waals surface area contributed by atoms with Gasteiger partial charge in [-0.05, 0) is 37.1 Å². The first-order valence-corrected chi connectivity index (χ1v) is 9.80. The molecule has 3 amide bonds. The Morgan fingerprint density at radius 3 is 2.78 bits per heavy atom. The van der Waals surface area contributed by atoms with Gasteiger partial charge in [0.15, 0.2) is 6.10 Å². The Labute approximate surface area is 182 Å². The van der Waals surface area contributed by atoms with Crippen molar-refractivity contribution in [2.75, 3.05) is 6.54 Å². The average Bonchev–Trinajstić information content (AvgIpc) is 3.39. The van der Waals surface area contributed by atoms with Gasteiger partial charge in [-0.2, -0.15) is 4.98 Å². The van der Waals surface area contributed by atoms with Crippen LogP contribution in [0.4, 0.5) is 9.18 Å². The van der Waals surface area contributed by atoms with Crippen molar-refractivity contribution >= 4 is 17.9 Å². The molecule has 3 aromatic rings. The minimum atomic E-state index is -0.885. The van der Waals surface area contributed by atoms with E-state index in [0.717, 1.165) is 4.90 Å². The van der Waals surface area contributed by atoms with Crippen LogP contribution >= 0.6 is 0 Å². The number of nitrogens with one attached hydrogen (secondary N) is 1. The summed E-state index contributed by atoms with van der Waals surface area (Å²) in [4.78, 5) is 41.7. The zero-order chi connectivity index (χ0) is 22.8. The van der Waals surface area contributed by atoms with Crippen LogP contribution in [-0.2, 0) is 16.1 Å². The van der Waals surface area contributed by atoms with Crippen molar-refractivity contribution in [3.8, 4) is 11.4 Å². The molecule has 10 heteroatoms. The zero-order valence-corrected chi connectivity index (χ0v) is 17.3. The summed E-state index contributed by atoms with van der Waals surface area (Å²) in [6.07, 6.45) is -0.885. The molecular weight excluding hydrogens is 419 g/mol. The lowest BCUT2D eigenvalue weighted by atomic mass is 10.1. The highest BCUT2D eigenvalue weighted by Crippen LogP contribution is 2.24. The number of hydrogen-bond acceptors (Lipinski definition) is 7. The quantitative estimate of drug-likeness (QED) is 0.464. The highest BCUT2D eigenvalue weighted by Gasteiger charge is 2.30. The number of esters is 1. The molecular formula is C22H19FN4O5. The second kappa shape index (κ2) is 8.58. The van der Waals surface area contributed by atoms with Gasteiger partial charge in [0.2, 0.25) is 11.7 Å². The molecule has 1 N–H and O–H groups in total. The summed E-state index contributed by atoms with van der Waals surface area (Å²) in [7, 11) is 0. The van der Waals surface area contributed by atoms with E-state index >= 15 is 0 Å². The first-order valence-electron chi connectivity index (χ1n) is 9.80. The summed E-state index contributed by atoms with van der Waals surface area (Å²) >= 11 is 0. The molecule has 1 aromatic heterocycles. The Kier molecular flexibility index (Phi) is 5.67. The summed E-state index contributed by atoms with van der Waals surface area (Å²) in [6.45, 7) is 3.07. The lowest BCUT2D eigenvalue weighted by Crippen LogP contribution is -2.31. The maximum Gasteiger partial charge on any atom is 0.339 e. The molecule has 4 rings (SSSR count). The van der Waals surface area contributed by atoms with E-state index in [1.165, 1.54) is 12.1 Å². The van der Waals surface area contributed by atoms with Crippen molar-refractivity contribution < 1.29 is 28.0 Å². The van der Waals surface area contributed by atoms with Gasteiger partial charge in [0.25, 0.3) is 5.89 Å². The molecule has 32 heavy (non-hydrogen) atoms. The number of amides is 3. The van der Waals surface area contributed by atoms with Crippen LogP contribution in [-0.4, -0.2) is 39.5 Å². The van der Waals surface area contributed by atoms with E-state index in [-0.39, 0.29) is 36.3 Å². The third kappa shape index (κ3) is 4.20. The van der Waals surface area contributed by atoms with Crippen molar-refractivity contribution in [3.05, 3.63) is 70.9 Å². The first-order chi connectivity index (χ1) is 15.3. The first kappa shape index (κ1) is 21.2. The SMILES string of the molecule is Cc1ccc(-c2noc(C(C)OC(=O)c3ccccc3CN3C(=O)CNC3=O)n2)cc1F. The highest BCUT2D eigenvalue weighted by atomic mass is 19.1. The molecule has 0 saturated carbocycles. The third-order valence-corrected chi connectivity index (χ3v) is 5.01. The maximum absolute atomic E-state index is 13.8. The smallest absolute Gasteiger partial charge is 0.339 e. The highest BCUT2D eigenvalue weighted by molar-refractivity contribution is 6.02. The number of imide groups is 1. The maximum atomic E-state index is 13.8. The Morgan fingerprint density at radius 2 is 2.06 bits per heavy atom. The van der Waals surface area contributed by atoms with E-state index in [0.29, 0.717) is 16.7 Å². The van der Waals surface area contributed by atoms with Crippen molar-refractivity contribution in [2.24, 2.45) is 0 Å². The van der Waals surface area contributed by atoms with Gasteiger partial charge < -0.3 is 14.6 Å². The Hall–Kier alpha value is -4.08. The largest absolute Gasteiger partial charge is 0.449 e. The number of benzene rings is 2. The molecule has 1 aliphatic rings. The molecule has 2 heterocycles. The van der Waals surface area contributed by atoms with Crippen molar-refractivity contribution in [3.63, 3.8) is 0 Å². The van der Waals surface area contributed by atoms with Crippen LogP contribution in [0.3, 0.4) is 0 Å². The summed E-state index contributed by atoms with van der Waals surface area (Å²) in [5.74, 6) is -1.24. The molecule has 0 radical (unpaired) electrons. The number of rotatable bonds is 6. The normalized spacial score (nSPS) is 14.4. The van der Waals surface area contributed by atoms with Crippen LogP contribution in [0.15, 0.2) is 47.0 Å². The van der Waals surface area contributed by atoms with Gasteiger partial charge in [-0.1, -0.05) is 35.5 Å². The van der Waals surface area contributed by atoms with Gasteiger partial charge in [0.05, 0.1) is 18.7 Å². The van der Waals surface area contributed by atoms with Gasteiger partial charge in [0, 0.05) is 5.56 Å². The number of aromatic nitrogens is 2. The fraction of sp³-hybridized carbons (Fsp3) is 0.227. The number of aryl methyl sites for hydroxylation is 1. The molecule has 1 aliphatic heterocycles. The van der Waals surface area contributed by atoms with E-state index in [4.69, 9.17) is 9.26 Å². The second-order valence-electron chi connectivity index (χ2n) is 7.26. The molecule has 9 nitrogen and oxygen atoms in total. The van der Waals surface area contributed by atoms with Gasteiger partial charge >= 0.3 is 12.0 Å². The standard InChI is InChI=1S/C22H19FN4O5/c1-12-7-8-14(9-17(12)23)19-25-20(32-26-19)13(2)31-21(29)16-6-4-3-5-15(16)11-27-18(28)10-24-22(27)30/h3-9,13H,10-11H2,1-2H3,(H,24,30). The van der Waals surface area contributed by atoms with Crippen LogP contribution in [0.25, 0.3) is 11.4 Å². The van der Waals surface area contributed by atoms with Crippen molar-refractivity contribution in [1.29, 1.82) is 0 Å². The second-order valence-corrected chi connectivity index (χ2v) is 7.26. The minimum absolute atomic E-state index is 0.0425. The molecule has 164 valence electrons. The van der Waals surface area contributed by atoms with E-state index < -0.39 is 23.9 Å². The molecule has 2 aromatic carbocycles. The molecule has 0 spiro atoms.